The fraction of sp³-hybridized carbons (Fsp3) is 0.600. The number of carboxylic acids is 2. The number of carbonyl (C=O) groups is 4. The van der Waals surface area contributed by atoms with Gasteiger partial charge in [-0.1, -0.05) is 0 Å². The lowest BCUT2D eigenvalue weighted by molar-refractivity contribution is -0.145. The predicted octanol–water partition coefficient (Wildman–Crippen LogP) is -0.189. The van der Waals surface area contributed by atoms with Crippen molar-refractivity contribution in [2.75, 3.05) is 0 Å². The molecule has 8 nitrogen and oxygen atoms in total. The lowest BCUT2D eigenvalue weighted by Crippen LogP contribution is -2.40. The van der Waals surface area contributed by atoms with Gasteiger partial charge in [0.2, 0.25) is 11.8 Å². The van der Waals surface area contributed by atoms with Gasteiger partial charge in [-0.05, 0) is 13.8 Å². The standard InChI is InChI=1S/C10H15ClN2O6/c1-5(9(16)17)12-7(14)3-4-8(15)13(11)6(2)10(18)19/h5-6H,3-4H2,1-2H3,(H,12,14)(H,16,17)(H,18,19)/t5-,6-/m0/s1. The molecule has 0 aliphatic carbocycles. The fourth-order valence-corrected chi connectivity index (χ4v) is 1.18. The Morgan fingerprint density at radius 3 is 2.05 bits per heavy atom. The summed E-state index contributed by atoms with van der Waals surface area (Å²) in [6.45, 7) is 2.50. The van der Waals surface area contributed by atoms with Crippen LogP contribution in [0.4, 0.5) is 0 Å². The lowest BCUT2D eigenvalue weighted by atomic mass is 10.2. The van der Waals surface area contributed by atoms with E-state index >= 15 is 0 Å². The Bertz CT molecular complexity index is 386. The van der Waals surface area contributed by atoms with E-state index in [0.29, 0.717) is 4.42 Å². The number of rotatable bonds is 7. The molecule has 0 rings (SSSR count). The second kappa shape index (κ2) is 7.57. The number of carbonyl (C=O) groups excluding carboxylic acids is 2. The number of amides is 2. The van der Waals surface area contributed by atoms with Gasteiger partial charge in [0, 0.05) is 24.6 Å². The molecule has 0 heterocycles. The van der Waals surface area contributed by atoms with Crippen LogP contribution < -0.4 is 5.32 Å². The van der Waals surface area contributed by atoms with Crippen LogP contribution in [0.25, 0.3) is 0 Å². The number of nitrogens with one attached hydrogen (secondary N) is 1. The topological polar surface area (TPSA) is 124 Å². The largest absolute Gasteiger partial charge is 0.480 e. The monoisotopic (exact) mass is 294 g/mol. The van der Waals surface area contributed by atoms with Gasteiger partial charge < -0.3 is 15.5 Å². The van der Waals surface area contributed by atoms with Crippen LogP contribution in [0.5, 0.6) is 0 Å². The van der Waals surface area contributed by atoms with Crippen LogP contribution in [0.2, 0.25) is 0 Å². The molecule has 0 aromatic carbocycles. The van der Waals surface area contributed by atoms with Gasteiger partial charge in [0.15, 0.2) is 0 Å². The van der Waals surface area contributed by atoms with Crippen LogP contribution in [0.15, 0.2) is 0 Å². The van der Waals surface area contributed by atoms with Crippen molar-refractivity contribution < 1.29 is 29.4 Å². The van der Waals surface area contributed by atoms with E-state index in [0.717, 1.165) is 0 Å². The van der Waals surface area contributed by atoms with E-state index in [1.807, 2.05) is 0 Å². The van der Waals surface area contributed by atoms with Crippen molar-refractivity contribution in [1.82, 2.24) is 9.74 Å². The van der Waals surface area contributed by atoms with Crippen molar-refractivity contribution in [1.29, 1.82) is 0 Å². The van der Waals surface area contributed by atoms with Crippen molar-refractivity contribution in [2.45, 2.75) is 38.8 Å². The number of carboxylic acid groups (broad SMARTS) is 2. The van der Waals surface area contributed by atoms with Gasteiger partial charge in [-0.15, -0.1) is 0 Å². The molecule has 0 saturated heterocycles. The quantitative estimate of drug-likeness (QED) is 0.559. The summed E-state index contributed by atoms with van der Waals surface area (Å²) in [6, 6.07) is -2.28. The first-order valence-electron chi connectivity index (χ1n) is 5.39. The van der Waals surface area contributed by atoms with Crippen molar-refractivity contribution in [3.63, 3.8) is 0 Å². The van der Waals surface area contributed by atoms with Crippen molar-refractivity contribution >= 4 is 35.5 Å². The third-order valence-electron chi connectivity index (χ3n) is 2.25. The van der Waals surface area contributed by atoms with E-state index < -0.39 is 35.8 Å². The maximum atomic E-state index is 11.4. The third-order valence-corrected chi connectivity index (χ3v) is 2.73. The molecule has 19 heavy (non-hydrogen) atoms. The highest BCUT2D eigenvalue weighted by Gasteiger charge is 2.24. The second-order valence-electron chi connectivity index (χ2n) is 3.85. The number of nitrogens with zero attached hydrogens (tertiary/aromatic N) is 1. The Morgan fingerprint density at radius 1 is 1.11 bits per heavy atom. The summed E-state index contributed by atoms with van der Waals surface area (Å²) in [6.07, 6.45) is -0.578. The summed E-state index contributed by atoms with van der Waals surface area (Å²) >= 11 is 5.49. The van der Waals surface area contributed by atoms with Crippen LogP contribution in [0.3, 0.4) is 0 Å². The molecular formula is C10H15ClN2O6. The zero-order chi connectivity index (χ0) is 15.2. The molecule has 0 fully saturated rings. The summed E-state index contributed by atoms with van der Waals surface area (Å²) in [5.74, 6) is -3.82. The summed E-state index contributed by atoms with van der Waals surface area (Å²) < 4.78 is 0.496. The van der Waals surface area contributed by atoms with Crippen LogP contribution in [0.1, 0.15) is 26.7 Å². The first-order valence-corrected chi connectivity index (χ1v) is 5.73. The SMILES string of the molecule is C[C@H](NC(=O)CCC(=O)N(Cl)[C@@H](C)C(=O)O)C(=O)O. The first-order chi connectivity index (χ1) is 8.66. The Kier molecular flexibility index (Phi) is 6.84. The number of hydrogen-bond donors (Lipinski definition) is 3. The maximum Gasteiger partial charge on any atom is 0.327 e. The van der Waals surface area contributed by atoms with E-state index in [4.69, 9.17) is 22.0 Å². The number of hydrogen-bond acceptors (Lipinski definition) is 4. The van der Waals surface area contributed by atoms with Gasteiger partial charge in [-0.3, -0.25) is 14.4 Å². The van der Waals surface area contributed by atoms with Crippen molar-refractivity contribution in [2.24, 2.45) is 0 Å². The number of aliphatic carboxylic acids is 2. The Balaban J connectivity index is 4.19. The first kappa shape index (κ1) is 17.2. The Labute approximate surface area is 114 Å². The van der Waals surface area contributed by atoms with Gasteiger partial charge in [-0.25, -0.2) is 9.21 Å². The van der Waals surface area contributed by atoms with E-state index in [-0.39, 0.29) is 12.8 Å². The highest BCUT2D eigenvalue weighted by molar-refractivity contribution is 6.22. The average Bonchev–Trinajstić information content (AvgIpc) is 2.33. The molecule has 0 aromatic heterocycles. The molecule has 0 aromatic rings. The van der Waals surface area contributed by atoms with Crippen LogP contribution in [0, 0.1) is 0 Å². The molecule has 0 spiro atoms. The van der Waals surface area contributed by atoms with Gasteiger partial charge in [0.1, 0.15) is 12.1 Å². The minimum atomic E-state index is -1.27. The van der Waals surface area contributed by atoms with Gasteiger partial charge in [-0.2, -0.15) is 0 Å². The summed E-state index contributed by atoms with van der Waals surface area (Å²) in [5.41, 5.74) is 0. The maximum absolute atomic E-state index is 11.4. The van der Waals surface area contributed by atoms with Gasteiger partial charge in [0.25, 0.3) is 0 Å². The lowest BCUT2D eigenvalue weighted by Gasteiger charge is -2.18. The molecule has 0 radical (unpaired) electrons. The van der Waals surface area contributed by atoms with E-state index in [9.17, 15) is 19.2 Å². The van der Waals surface area contributed by atoms with Gasteiger partial charge >= 0.3 is 11.9 Å². The molecule has 0 aliphatic rings. The van der Waals surface area contributed by atoms with Crippen LogP contribution >= 0.6 is 11.8 Å². The van der Waals surface area contributed by atoms with E-state index in [1.54, 1.807) is 0 Å². The molecule has 2 amide bonds. The van der Waals surface area contributed by atoms with Crippen LogP contribution in [-0.4, -0.2) is 50.5 Å². The fourth-order valence-electron chi connectivity index (χ4n) is 1.02. The zero-order valence-electron chi connectivity index (χ0n) is 10.4. The third kappa shape index (κ3) is 6.05. The second-order valence-corrected chi connectivity index (χ2v) is 4.21. The molecule has 2 atom stereocenters. The van der Waals surface area contributed by atoms with Crippen molar-refractivity contribution in [3.05, 3.63) is 0 Å². The molecule has 0 saturated carbocycles. The molecule has 0 unspecified atom stereocenters. The molecule has 108 valence electrons. The van der Waals surface area contributed by atoms with E-state index in [1.165, 1.54) is 13.8 Å². The smallest absolute Gasteiger partial charge is 0.327 e. The minimum absolute atomic E-state index is 0.272. The molecule has 0 aliphatic heterocycles. The van der Waals surface area contributed by atoms with Crippen LogP contribution in [-0.2, 0) is 19.2 Å². The highest BCUT2D eigenvalue weighted by Crippen LogP contribution is 2.08. The van der Waals surface area contributed by atoms with Gasteiger partial charge in [0.05, 0.1) is 0 Å². The zero-order valence-corrected chi connectivity index (χ0v) is 11.2. The summed E-state index contributed by atoms with van der Waals surface area (Å²) in [4.78, 5) is 43.8. The van der Waals surface area contributed by atoms with E-state index in [2.05, 4.69) is 5.32 Å². The normalized spacial score (nSPS) is 13.2. The Morgan fingerprint density at radius 2 is 1.63 bits per heavy atom. The minimum Gasteiger partial charge on any atom is -0.480 e. The molecular weight excluding hydrogens is 280 g/mol. The van der Waals surface area contributed by atoms with Crippen molar-refractivity contribution in [3.8, 4) is 0 Å². The Hall–Kier alpha value is -1.83. The average molecular weight is 295 g/mol. The molecule has 0 bridgehead atoms. The summed E-state index contributed by atoms with van der Waals surface area (Å²) in [7, 11) is 0. The predicted molar refractivity (Wildman–Crippen MR) is 64.3 cm³/mol. The summed E-state index contributed by atoms with van der Waals surface area (Å²) in [5, 5.41) is 19.3. The molecule has 3 N–H and O–H groups in total. The number of halogens is 1. The highest BCUT2D eigenvalue weighted by atomic mass is 35.5. The molecule has 9 heteroatoms.